The third-order valence-corrected chi connectivity index (χ3v) is 5.15. The van der Waals surface area contributed by atoms with E-state index in [1.807, 2.05) is 13.8 Å². The largest absolute Gasteiger partial charge is 0.392 e. The number of nitrogens with one attached hydrogen (secondary N) is 1. The first-order valence-corrected chi connectivity index (χ1v) is 8.57. The topological polar surface area (TPSA) is 79.3 Å². The first kappa shape index (κ1) is 15.9. The highest BCUT2D eigenvalue weighted by Crippen LogP contribution is 2.25. The minimum Gasteiger partial charge on any atom is -0.392 e. The summed E-state index contributed by atoms with van der Waals surface area (Å²) in [4.78, 5) is 3.88. The molecule has 1 aromatic carbocycles. The van der Waals surface area contributed by atoms with E-state index < -0.39 is 22.4 Å². The summed E-state index contributed by atoms with van der Waals surface area (Å²) < 4.78 is 40.2. The van der Waals surface area contributed by atoms with Gasteiger partial charge in [0.05, 0.1) is 17.2 Å². The lowest BCUT2D eigenvalue weighted by Crippen LogP contribution is -2.15. The molecule has 0 bridgehead atoms. The lowest BCUT2D eigenvalue weighted by Gasteiger charge is -2.09. The van der Waals surface area contributed by atoms with Gasteiger partial charge in [-0.05, 0) is 23.6 Å². The van der Waals surface area contributed by atoms with E-state index >= 15 is 0 Å². The molecule has 2 aromatic rings. The SMILES string of the molecule is CC(C)c1csc(NS(=O)(=O)c2cc(F)ccc2CO)n1. The predicted octanol–water partition coefficient (Wildman–Crippen LogP) is 2.70. The zero-order valence-corrected chi connectivity index (χ0v) is 13.1. The number of halogens is 1. The molecule has 0 aliphatic carbocycles. The van der Waals surface area contributed by atoms with E-state index in [0.717, 1.165) is 29.2 Å². The number of aliphatic hydroxyl groups excluding tert-OH is 1. The van der Waals surface area contributed by atoms with Crippen molar-refractivity contribution in [3.05, 3.63) is 40.7 Å². The molecule has 5 nitrogen and oxygen atoms in total. The molecule has 1 aromatic heterocycles. The van der Waals surface area contributed by atoms with Gasteiger partial charge in [0.25, 0.3) is 10.0 Å². The quantitative estimate of drug-likeness (QED) is 0.883. The molecular weight excluding hydrogens is 315 g/mol. The van der Waals surface area contributed by atoms with E-state index in [9.17, 15) is 17.9 Å². The van der Waals surface area contributed by atoms with Gasteiger partial charge in [-0.2, -0.15) is 0 Å². The minimum absolute atomic E-state index is 0.129. The van der Waals surface area contributed by atoms with Crippen molar-refractivity contribution < 1.29 is 17.9 Å². The van der Waals surface area contributed by atoms with Crippen LogP contribution in [0, 0.1) is 5.82 Å². The highest BCUT2D eigenvalue weighted by Gasteiger charge is 2.21. The summed E-state index contributed by atoms with van der Waals surface area (Å²) in [7, 11) is -3.99. The maximum atomic E-state index is 13.3. The molecule has 0 aliphatic heterocycles. The Morgan fingerprint density at radius 2 is 2.14 bits per heavy atom. The van der Waals surface area contributed by atoms with Gasteiger partial charge in [0.1, 0.15) is 5.82 Å². The lowest BCUT2D eigenvalue weighted by molar-refractivity contribution is 0.278. The zero-order chi connectivity index (χ0) is 15.6. The van der Waals surface area contributed by atoms with Crippen LogP contribution in [0.3, 0.4) is 0 Å². The number of hydrogen-bond donors (Lipinski definition) is 2. The molecule has 0 saturated carbocycles. The van der Waals surface area contributed by atoms with Crippen molar-refractivity contribution in [1.82, 2.24) is 4.98 Å². The Morgan fingerprint density at radius 3 is 2.71 bits per heavy atom. The minimum atomic E-state index is -3.99. The fourth-order valence-electron chi connectivity index (χ4n) is 1.68. The molecule has 8 heteroatoms. The second kappa shape index (κ2) is 6.08. The molecule has 0 unspecified atom stereocenters. The average Bonchev–Trinajstić information content (AvgIpc) is 2.86. The molecule has 0 amide bonds. The van der Waals surface area contributed by atoms with Crippen LogP contribution in [-0.2, 0) is 16.6 Å². The van der Waals surface area contributed by atoms with Gasteiger partial charge in [-0.15, -0.1) is 11.3 Å². The van der Waals surface area contributed by atoms with Crippen molar-refractivity contribution in [3.63, 3.8) is 0 Å². The summed E-state index contributed by atoms with van der Waals surface area (Å²) in [5.74, 6) is -0.503. The first-order chi connectivity index (χ1) is 9.83. The van der Waals surface area contributed by atoms with E-state index in [4.69, 9.17) is 0 Å². The van der Waals surface area contributed by atoms with E-state index in [0.29, 0.717) is 0 Å². The van der Waals surface area contributed by atoms with Gasteiger partial charge in [-0.1, -0.05) is 19.9 Å². The highest BCUT2D eigenvalue weighted by molar-refractivity contribution is 7.93. The number of nitrogens with zero attached hydrogens (tertiary/aromatic N) is 1. The maximum absolute atomic E-state index is 13.3. The van der Waals surface area contributed by atoms with Gasteiger partial charge in [0.15, 0.2) is 5.13 Å². The number of aromatic nitrogens is 1. The predicted molar refractivity (Wildman–Crippen MR) is 79.3 cm³/mol. The van der Waals surface area contributed by atoms with Crippen molar-refractivity contribution in [1.29, 1.82) is 0 Å². The third kappa shape index (κ3) is 3.58. The average molecular weight is 330 g/mol. The van der Waals surface area contributed by atoms with Gasteiger partial charge < -0.3 is 5.11 Å². The van der Waals surface area contributed by atoms with Crippen LogP contribution in [0.5, 0.6) is 0 Å². The van der Waals surface area contributed by atoms with E-state index in [2.05, 4.69) is 9.71 Å². The van der Waals surface area contributed by atoms with E-state index in [-0.39, 0.29) is 21.5 Å². The van der Waals surface area contributed by atoms with Crippen molar-refractivity contribution >= 4 is 26.5 Å². The Balaban J connectivity index is 2.35. The molecule has 0 saturated heterocycles. The molecule has 0 fully saturated rings. The van der Waals surface area contributed by atoms with Crippen LogP contribution in [0.25, 0.3) is 0 Å². The van der Waals surface area contributed by atoms with Crippen LogP contribution < -0.4 is 4.72 Å². The van der Waals surface area contributed by atoms with Crippen molar-refractivity contribution in [2.75, 3.05) is 4.72 Å². The smallest absolute Gasteiger partial charge is 0.264 e. The van der Waals surface area contributed by atoms with Crippen LogP contribution in [0.4, 0.5) is 9.52 Å². The zero-order valence-electron chi connectivity index (χ0n) is 11.5. The molecule has 0 aliphatic rings. The Morgan fingerprint density at radius 1 is 1.43 bits per heavy atom. The van der Waals surface area contributed by atoms with Gasteiger partial charge in [-0.3, -0.25) is 4.72 Å². The molecule has 114 valence electrons. The number of anilines is 1. The normalized spacial score (nSPS) is 11.9. The molecule has 1 heterocycles. The molecule has 0 atom stereocenters. The number of hydrogen-bond acceptors (Lipinski definition) is 5. The summed E-state index contributed by atoms with van der Waals surface area (Å²) in [5, 5.41) is 11.2. The van der Waals surface area contributed by atoms with E-state index in [1.54, 1.807) is 5.38 Å². The maximum Gasteiger partial charge on any atom is 0.264 e. The van der Waals surface area contributed by atoms with Gasteiger partial charge >= 0.3 is 0 Å². The summed E-state index contributed by atoms with van der Waals surface area (Å²) in [6, 6.07) is 3.22. The van der Waals surface area contributed by atoms with E-state index in [1.165, 1.54) is 6.07 Å². The molecule has 0 radical (unpaired) electrons. The number of sulfonamides is 1. The molecular formula is C13H15FN2O3S2. The monoisotopic (exact) mass is 330 g/mol. The lowest BCUT2D eigenvalue weighted by atomic mass is 10.2. The van der Waals surface area contributed by atoms with Crippen molar-refractivity contribution in [2.45, 2.75) is 31.3 Å². The van der Waals surface area contributed by atoms with Crippen molar-refractivity contribution in [2.24, 2.45) is 0 Å². The van der Waals surface area contributed by atoms with Crippen molar-refractivity contribution in [3.8, 4) is 0 Å². The fraction of sp³-hybridized carbons (Fsp3) is 0.308. The Hall–Kier alpha value is -1.51. The van der Waals surface area contributed by atoms with Crippen LogP contribution in [0.2, 0.25) is 0 Å². The summed E-state index contributed by atoms with van der Waals surface area (Å²) in [6.07, 6.45) is 0. The first-order valence-electron chi connectivity index (χ1n) is 6.21. The Bertz CT molecular complexity index is 742. The van der Waals surface area contributed by atoms with Crippen LogP contribution in [-0.4, -0.2) is 18.5 Å². The highest BCUT2D eigenvalue weighted by atomic mass is 32.2. The van der Waals surface area contributed by atoms with Crippen LogP contribution in [0.15, 0.2) is 28.5 Å². The third-order valence-electron chi connectivity index (χ3n) is 2.82. The molecule has 0 spiro atoms. The summed E-state index contributed by atoms with van der Waals surface area (Å²) in [6.45, 7) is 3.40. The second-order valence-corrected chi connectivity index (χ2v) is 7.26. The number of benzene rings is 1. The van der Waals surface area contributed by atoms with Gasteiger partial charge in [-0.25, -0.2) is 17.8 Å². The summed E-state index contributed by atoms with van der Waals surface area (Å²) >= 11 is 1.16. The van der Waals surface area contributed by atoms with Crippen LogP contribution in [0.1, 0.15) is 31.0 Å². The van der Waals surface area contributed by atoms with Crippen LogP contribution >= 0.6 is 11.3 Å². The number of thiazole rings is 1. The summed E-state index contributed by atoms with van der Waals surface area (Å²) in [5.41, 5.74) is 0.906. The second-order valence-electron chi connectivity index (χ2n) is 4.75. The Kier molecular flexibility index (Phi) is 4.60. The standard InChI is InChI=1S/C13H15FN2O3S2/c1-8(2)11-7-20-13(15-11)16-21(18,19)12-5-10(14)4-3-9(12)6-17/h3-5,7-8,17H,6H2,1-2H3,(H,15,16). The Labute approximate surface area is 126 Å². The van der Waals surface area contributed by atoms with Gasteiger partial charge in [0.2, 0.25) is 0 Å². The molecule has 2 N–H and O–H groups in total. The molecule has 2 rings (SSSR count). The van der Waals surface area contributed by atoms with Gasteiger partial charge in [0, 0.05) is 5.38 Å². The number of aliphatic hydroxyl groups is 1. The fourth-order valence-corrected chi connectivity index (χ4v) is 4.05. The number of rotatable bonds is 5. The molecule has 21 heavy (non-hydrogen) atoms.